The first kappa shape index (κ1) is 13.1. The molecule has 0 aromatic carbocycles. The van der Waals surface area contributed by atoms with Crippen molar-refractivity contribution in [2.75, 3.05) is 7.05 Å². The van der Waals surface area contributed by atoms with E-state index in [4.69, 9.17) is 4.52 Å². The van der Waals surface area contributed by atoms with Crippen molar-refractivity contribution in [3.05, 3.63) is 51.3 Å². The number of aromatic amines is 1. The number of rotatable bonds is 3. The molecule has 0 aliphatic carbocycles. The van der Waals surface area contributed by atoms with E-state index < -0.39 is 0 Å². The van der Waals surface area contributed by atoms with Gasteiger partial charge in [0, 0.05) is 18.8 Å². The van der Waals surface area contributed by atoms with Gasteiger partial charge in [0.25, 0.3) is 11.5 Å². The van der Waals surface area contributed by atoms with Gasteiger partial charge in [0.15, 0.2) is 0 Å². The SMILES string of the molecule is Cc1ccc(C(=O)N(C)Cc2cc(C)on2)c(=O)[nH]1. The summed E-state index contributed by atoms with van der Waals surface area (Å²) < 4.78 is 4.93. The molecule has 19 heavy (non-hydrogen) atoms. The molecular formula is C13H15N3O3. The van der Waals surface area contributed by atoms with E-state index in [1.54, 1.807) is 33.0 Å². The second-order valence-electron chi connectivity index (χ2n) is 4.47. The van der Waals surface area contributed by atoms with Gasteiger partial charge in [0.2, 0.25) is 0 Å². The van der Waals surface area contributed by atoms with E-state index in [0.29, 0.717) is 18.0 Å². The smallest absolute Gasteiger partial charge is 0.260 e. The average Bonchev–Trinajstić information content (AvgIpc) is 2.74. The summed E-state index contributed by atoms with van der Waals surface area (Å²) in [5, 5.41) is 3.81. The number of hydrogen-bond acceptors (Lipinski definition) is 4. The molecule has 2 aromatic heterocycles. The lowest BCUT2D eigenvalue weighted by atomic mass is 10.2. The molecule has 0 radical (unpaired) electrons. The molecule has 0 unspecified atom stereocenters. The molecule has 0 saturated heterocycles. The van der Waals surface area contributed by atoms with Crippen molar-refractivity contribution in [2.24, 2.45) is 0 Å². The lowest BCUT2D eigenvalue weighted by Gasteiger charge is -2.14. The highest BCUT2D eigenvalue weighted by molar-refractivity contribution is 5.93. The summed E-state index contributed by atoms with van der Waals surface area (Å²) in [5.41, 5.74) is 1.11. The Morgan fingerprint density at radius 3 is 2.74 bits per heavy atom. The number of H-pyrrole nitrogens is 1. The highest BCUT2D eigenvalue weighted by Gasteiger charge is 2.16. The van der Waals surface area contributed by atoms with Crippen molar-refractivity contribution in [1.82, 2.24) is 15.0 Å². The molecule has 2 heterocycles. The van der Waals surface area contributed by atoms with Crippen LogP contribution in [0.2, 0.25) is 0 Å². The van der Waals surface area contributed by atoms with Crippen LogP contribution in [0.25, 0.3) is 0 Å². The molecule has 1 N–H and O–H groups in total. The summed E-state index contributed by atoms with van der Waals surface area (Å²) in [5.74, 6) is 0.339. The number of hydrogen-bond donors (Lipinski definition) is 1. The molecule has 6 heteroatoms. The molecule has 0 aliphatic rings. The predicted molar refractivity (Wildman–Crippen MR) is 68.8 cm³/mol. The first-order valence-electron chi connectivity index (χ1n) is 5.85. The van der Waals surface area contributed by atoms with E-state index in [2.05, 4.69) is 10.1 Å². The maximum atomic E-state index is 12.1. The van der Waals surface area contributed by atoms with Crippen LogP contribution >= 0.6 is 0 Å². The largest absolute Gasteiger partial charge is 0.361 e. The second kappa shape index (κ2) is 5.09. The quantitative estimate of drug-likeness (QED) is 0.901. The standard InChI is InChI=1S/C13H15N3O3/c1-8-4-5-11(12(17)14-8)13(18)16(3)7-10-6-9(2)19-15-10/h4-6H,7H2,1-3H3,(H,14,17). The summed E-state index contributed by atoms with van der Waals surface area (Å²) in [7, 11) is 1.62. The van der Waals surface area contributed by atoms with Gasteiger partial charge in [-0.05, 0) is 26.0 Å². The molecule has 100 valence electrons. The number of carbonyl (C=O) groups excluding carboxylic acids is 1. The van der Waals surface area contributed by atoms with Crippen molar-refractivity contribution in [1.29, 1.82) is 0 Å². The number of carbonyl (C=O) groups is 1. The van der Waals surface area contributed by atoms with Crippen molar-refractivity contribution in [2.45, 2.75) is 20.4 Å². The third kappa shape index (κ3) is 2.90. The monoisotopic (exact) mass is 261 g/mol. The zero-order chi connectivity index (χ0) is 14.0. The van der Waals surface area contributed by atoms with Gasteiger partial charge in [-0.15, -0.1) is 0 Å². The van der Waals surface area contributed by atoms with Crippen molar-refractivity contribution in [3.8, 4) is 0 Å². The summed E-state index contributed by atoms with van der Waals surface area (Å²) in [6, 6.07) is 4.98. The van der Waals surface area contributed by atoms with Crippen LogP contribution in [0.15, 0.2) is 27.5 Å². The fraction of sp³-hybridized carbons (Fsp3) is 0.308. The van der Waals surface area contributed by atoms with Gasteiger partial charge in [-0.3, -0.25) is 9.59 Å². The molecule has 0 atom stereocenters. The van der Waals surface area contributed by atoms with E-state index in [0.717, 1.165) is 5.69 Å². The normalized spacial score (nSPS) is 10.5. The lowest BCUT2D eigenvalue weighted by molar-refractivity contribution is 0.0780. The van der Waals surface area contributed by atoms with Crippen LogP contribution in [0.3, 0.4) is 0 Å². The van der Waals surface area contributed by atoms with Gasteiger partial charge in [-0.2, -0.15) is 0 Å². The zero-order valence-corrected chi connectivity index (χ0v) is 11.1. The molecule has 0 saturated carbocycles. The molecule has 2 rings (SSSR count). The van der Waals surface area contributed by atoms with Crippen LogP contribution in [0.5, 0.6) is 0 Å². The van der Waals surface area contributed by atoms with Crippen LogP contribution in [0, 0.1) is 13.8 Å². The summed E-state index contributed by atoms with van der Waals surface area (Å²) in [4.78, 5) is 27.9. The third-order valence-electron chi connectivity index (χ3n) is 2.71. The van der Waals surface area contributed by atoms with Crippen LogP contribution in [-0.4, -0.2) is 28.0 Å². The Kier molecular flexibility index (Phi) is 3.50. The van der Waals surface area contributed by atoms with Crippen molar-refractivity contribution < 1.29 is 9.32 Å². The minimum absolute atomic E-state index is 0.119. The summed E-state index contributed by atoms with van der Waals surface area (Å²) >= 11 is 0. The van der Waals surface area contributed by atoms with Gasteiger partial charge in [-0.25, -0.2) is 0 Å². The van der Waals surface area contributed by atoms with E-state index >= 15 is 0 Å². The zero-order valence-electron chi connectivity index (χ0n) is 11.1. The van der Waals surface area contributed by atoms with Gasteiger partial charge >= 0.3 is 0 Å². The number of aromatic nitrogens is 2. The summed E-state index contributed by atoms with van der Waals surface area (Å²) in [6.07, 6.45) is 0. The molecule has 0 aliphatic heterocycles. The maximum absolute atomic E-state index is 12.1. The van der Waals surface area contributed by atoms with E-state index in [1.807, 2.05) is 0 Å². The first-order chi connectivity index (χ1) is 8.97. The Bertz CT molecular complexity index is 657. The van der Waals surface area contributed by atoms with Gasteiger partial charge in [0.05, 0.1) is 6.54 Å². The van der Waals surface area contributed by atoms with Crippen LogP contribution in [0.4, 0.5) is 0 Å². The van der Waals surface area contributed by atoms with Gasteiger partial charge in [-0.1, -0.05) is 5.16 Å². The van der Waals surface area contributed by atoms with Crippen LogP contribution < -0.4 is 5.56 Å². The van der Waals surface area contributed by atoms with Crippen molar-refractivity contribution in [3.63, 3.8) is 0 Å². The molecule has 0 fully saturated rings. The van der Waals surface area contributed by atoms with Crippen molar-refractivity contribution >= 4 is 5.91 Å². The number of nitrogens with one attached hydrogen (secondary N) is 1. The fourth-order valence-corrected chi connectivity index (χ4v) is 1.75. The first-order valence-corrected chi connectivity index (χ1v) is 5.85. The Hall–Kier alpha value is -2.37. The summed E-state index contributed by atoms with van der Waals surface area (Å²) in [6.45, 7) is 3.84. The number of pyridine rings is 1. The van der Waals surface area contributed by atoms with E-state index in [9.17, 15) is 9.59 Å². The minimum atomic E-state index is -0.381. The molecule has 1 amide bonds. The molecule has 6 nitrogen and oxygen atoms in total. The Labute approximate surface area is 110 Å². The maximum Gasteiger partial charge on any atom is 0.260 e. The average molecular weight is 261 g/mol. The number of amides is 1. The second-order valence-corrected chi connectivity index (χ2v) is 4.47. The predicted octanol–water partition coefficient (Wildman–Crippen LogP) is 1.25. The molecular weight excluding hydrogens is 246 g/mol. The van der Waals surface area contributed by atoms with Crippen LogP contribution in [-0.2, 0) is 6.54 Å². The highest BCUT2D eigenvalue weighted by Crippen LogP contribution is 2.07. The topological polar surface area (TPSA) is 79.2 Å². The number of aryl methyl sites for hydroxylation is 2. The van der Waals surface area contributed by atoms with Gasteiger partial charge in [0.1, 0.15) is 17.0 Å². The van der Waals surface area contributed by atoms with E-state index in [1.165, 1.54) is 11.0 Å². The fourth-order valence-electron chi connectivity index (χ4n) is 1.75. The minimum Gasteiger partial charge on any atom is -0.361 e. The lowest BCUT2D eigenvalue weighted by Crippen LogP contribution is -2.31. The number of nitrogens with zero attached hydrogens (tertiary/aromatic N) is 2. The Morgan fingerprint density at radius 2 is 2.16 bits per heavy atom. The highest BCUT2D eigenvalue weighted by atomic mass is 16.5. The van der Waals surface area contributed by atoms with Gasteiger partial charge < -0.3 is 14.4 Å². The molecule has 0 bridgehead atoms. The van der Waals surface area contributed by atoms with E-state index in [-0.39, 0.29) is 17.0 Å². The third-order valence-corrected chi connectivity index (χ3v) is 2.71. The Balaban J connectivity index is 2.17. The molecule has 0 spiro atoms. The van der Waals surface area contributed by atoms with Crippen LogP contribution in [0.1, 0.15) is 27.5 Å². The Morgan fingerprint density at radius 1 is 1.42 bits per heavy atom. The molecule has 2 aromatic rings.